The molecule has 0 aromatic heterocycles. The quantitative estimate of drug-likeness (QED) is 0.558. The number of hydrogen-bond donors (Lipinski definition) is 1. The number of ether oxygens (including phenoxy) is 1. The number of fused-ring (bicyclic) bond motifs is 2. The van der Waals surface area contributed by atoms with Gasteiger partial charge in [-0.15, -0.1) is 0 Å². The number of carbonyl (C=O) groups is 1. The van der Waals surface area contributed by atoms with Gasteiger partial charge in [-0.2, -0.15) is 26.3 Å². The van der Waals surface area contributed by atoms with Gasteiger partial charge in [-0.25, -0.2) is 9.18 Å². The van der Waals surface area contributed by atoms with Gasteiger partial charge in [0.05, 0.1) is 0 Å². The molecule has 0 radical (unpaired) electrons. The number of hydrogen-bond acceptors (Lipinski definition) is 3. The van der Waals surface area contributed by atoms with Crippen molar-refractivity contribution >= 4 is 5.97 Å². The molecule has 0 aliphatic heterocycles. The van der Waals surface area contributed by atoms with Crippen LogP contribution in [0, 0.1) is 17.8 Å². The summed E-state index contributed by atoms with van der Waals surface area (Å²) in [5.41, 5.74) is -7.09. The molecule has 2 aliphatic carbocycles. The fraction of sp³-hybridized carbons (Fsp3) is 0.938. The van der Waals surface area contributed by atoms with Gasteiger partial charge < -0.3 is 9.84 Å². The average molecular weight is 394 g/mol. The zero-order chi connectivity index (χ0) is 20.1. The largest absolute Gasteiger partial charge is 0.460 e. The molecule has 2 rings (SSSR count). The van der Waals surface area contributed by atoms with E-state index < -0.39 is 54.0 Å². The van der Waals surface area contributed by atoms with Crippen LogP contribution in [0.2, 0.25) is 0 Å². The molecule has 152 valence electrons. The number of rotatable bonds is 5. The summed E-state index contributed by atoms with van der Waals surface area (Å²) in [7, 11) is 0. The Bertz CT molecular complexity index is 527. The molecular weight excluding hydrogens is 373 g/mol. The Morgan fingerprint density at radius 1 is 1.04 bits per heavy atom. The zero-order valence-corrected chi connectivity index (χ0v) is 14.3. The van der Waals surface area contributed by atoms with Crippen LogP contribution in [-0.4, -0.2) is 40.8 Å². The predicted molar refractivity (Wildman–Crippen MR) is 75.7 cm³/mol. The number of alkyl halides is 7. The van der Waals surface area contributed by atoms with Crippen LogP contribution in [0.5, 0.6) is 0 Å². The zero-order valence-electron chi connectivity index (χ0n) is 14.3. The van der Waals surface area contributed by atoms with Gasteiger partial charge in [-0.3, -0.25) is 0 Å². The molecule has 2 saturated carbocycles. The van der Waals surface area contributed by atoms with Gasteiger partial charge in [-0.1, -0.05) is 6.92 Å². The molecule has 10 heteroatoms. The van der Waals surface area contributed by atoms with Gasteiger partial charge in [0.1, 0.15) is 6.10 Å². The fourth-order valence-electron chi connectivity index (χ4n) is 3.97. The number of carbonyl (C=O) groups excluding carboxylic acids is 1. The maximum absolute atomic E-state index is 14.0. The van der Waals surface area contributed by atoms with E-state index >= 15 is 0 Å². The Kier molecular flexibility index (Phi) is 5.33. The van der Waals surface area contributed by atoms with E-state index in [2.05, 4.69) is 0 Å². The molecule has 26 heavy (non-hydrogen) atoms. The molecule has 3 nitrogen and oxygen atoms in total. The van der Waals surface area contributed by atoms with Crippen LogP contribution in [0.3, 0.4) is 0 Å². The smallest absolute Gasteiger partial charge is 0.426 e. The van der Waals surface area contributed by atoms with Gasteiger partial charge in [0.2, 0.25) is 5.67 Å². The number of esters is 1. The molecule has 0 amide bonds. The lowest BCUT2D eigenvalue weighted by molar-refractivity contribution is -0.373. The summed E-state index contributed by atoms with van der Waals surface area (Å²) in [4.78, 5) is 11.8. The highest BCUT2D eigenvalue weighted by atomic mass is 19.4. The molecule has 2 fully saturated rings. The van der Waals surface area contributed by atoms with Crippen molar-refractivity contribution in [3.8, 4) is 0 Å². The van der Waals surface area contributed by atoms with Crippen molar-refractivity contribution in [3.05, 3.63) is 0 Å². The highest BCUT2D eigenvalue weighted by Gasteiger charge is 2.71. The normalized spacial score (nSPS) is 31.8. The molecule has 1 N–H and O–H groups in total. The molecule has 2 aliphatic rings. The SMILES string of the molecule is CCC(C)(F)C(=O)OC1CC2CC(CC(O)(C(F)(F)F)C(F)(F)F)C1C2. The van der Waals surface area contributed by atoms with Gasteiger partial charge in [0.15, 0.2) is 0 Å². The van der Waals surface area contributed by atoms with Crippen molar-refractivity contribution in [1.82, 2.24) is 0 Å². The van der Waals surface area contributed by atoms with Crippen LogP contribution in [0.25, 0.3) is 0 Å². The minimum Gasteiger partial charge on any atom is -0.460 e. The Morgan fingerprint density at radius 2 is 1.58 bits per heavy atom. The van der Waals surface area contributed by atoms with Crippen LogP contribution < -0.4 is 0 Å². The van der Waals surface area contributed by atoms with Crippen LogP contribution in [0.15, 0.2) is 0 Å². The highest BCUT2D eigenvalue weighted by Crippen LogP contribution is 2.56. The van der Waals surface area contributed by atoms with Crippen molar-refractivity contribution in [2.24, 2.45) is 17.8 Å². The minimum absolute atomic E-state index is 0.0772. The van der Waals surface area contributed by atoms with E-state index in [4.69, 9.17) is 4.74 Å². The third kappa shape index (κ3) is 3.66. The monoisotopic (exact) mass is 394 g/mol. The molecule has 0 aromatic rings. The van der Waals surface area contributed by atoms with Crippen molar-refractivity contribution in [3.63, 3.8) is 0 Å². The maximum atomic E-state index is 14.0. The molecule has 0 spiro atoms. The van der Waals surface area contributed by atoms with E-state index in [1.807, 2.05) is 0 Å². The Balaban J connectivity index is 2.14. The fourth-order valence-corrected chi connectivity index (χ4v) is 3.97. The first-order chi connectivity index (χ1) is 11.6. The maximum Gasteiger partial charge on any atom is 0.426 e. The third-order valence-electron chi connectivity index (χ3n) is 5.73. The van der Waals surface area contributed by atoms with E-state index in [1.54, 1.807) is 0 Å². The lowest BCUT2D eigenvalue weighted by atomic mass is 9.78. The third-order valence-corrected chi connectivity index (χ3v) is 5.73. The van der Waals surface area contributed by atoms with Crippen LogP contribution in [0.1, 0.15) is 46.0 Å². The van der Waals surface area contributed by atoms with Crippen molar-refractivity contribution in [2.75, 3.05) is 0 Å². The van der Waals surface area contributed by atoms with E-state index in [0.29, 0.717) is 6.42 Å². The van der Waals surface area contributed by atoms with Gasteiger partial charge in [0.25, 0.3) is 5.60 Å². The Labute approximate surface area is 145 Å². The first-order valence-electron chi connectivity index (χ1n) is 8.38. The van der Waals surface area contributed by atoms with Crippen molar-refractivity contribution in [1.29, 1.82) is 0 Å². The van der Waals surface area contributed by atoms with E-state index in [1.165, 1.54) is 6.92 Å². The molecule has 0 heterocycles. The summed E-state index contributed by atoms with van der Waals surface area (Å²) in [5.74, 6) is -3.25. The highest BCUT2D eigenvalue weighted by molar-refractivity contribution is 5.79. The second-order valence-electron chi connectivity index (χ2n) is 7.55. The first-order valence-corrected chi connectivity index (χ1v) is 8.38. The summed E-state index contributed by atoms with van der Waals surface area (Å²) in [5, 5.41) is 9.39. The summed E-state index contributed by atoms with van der Waals surface area (Å²) in [6.07, 6.45) is -13.7. The topological polar surface area (TPSA) is 46.5 Å². The standard InChI is InChI=1S/C16H21F7O3/c1-3-13(2,17)12(24)26-11-6-8-4-9(10(11)5-8)7-14(25,15(18,19)20)16(21,22)23/h8-11,25H,3-7H2,1-2H3. The van der Waals surface area contributed by atoms with E-state index in [0.717, 1.165) is 6.92 Å². The van der Waals surface area contributed by atoms with E-state index in [-0.39, 0.29) is 25.2 Å². The van der Waals surface area contributed by atoms with Gasteiger partial charge >= 0.3 is 18.3 Å². The van der Waals surface area contributed by atoms with Crippen molar-refractivity contribution in [2.45, 2.75) is 75.7 Å². The summed E-state index contributed by atoms with van der Waals surface area (Å²) in [6.45, 7) is 2.42. The summed E-state index contributed by atoms with van der Waals surface area (Å²) >= 11 is 0. The second-order valence-corrected chi connectivity index (χ2v) is 7.55. The van der Waals surface area contributed by atoms with E-state index in [9.17, 15) is 40.6 Å². The van der Waals surface area contributed by atoms with Crippen molar-refractivity contribution < 1.29 is 45.4 Å². The molecule has 2 bridgehead atoms. The lowest BCUT2D eigenvalue weighted by Crippen LogP contribution is -2.58. The minimum atomic E-state index is -5.88. The predicted octanol–water partition coefficient (Wildman–Crippen LogP) is 4.33. The summed E-state index contributed by atoms with van der Waals surface area (Å²) in [6, 6.07) is 0. The molecule has 5 atom stereocenters. The average Bonchev–Trinajstić information content (AvgIpc) is 3.04. The Hall–Kier alpha value is -1.06. The lowest BCUT2D eigenvalue weighted by Gasteiger charge is -2.38. The number of halogens is 7. The summed E-state index contributed by atoms with van der Waals surface area (Å²) < 4.78 is 96.4. The Morgan fingerprint density at radius 3 is 2.00 bits per heavy atom. The molecule has 5 unspecified atom stereocenters. The van der Waals surface area contributed by atoms with Gasteiger partial charge in [0, 0.05) is 0 Å². The first kappa shape index (κ1) is 21.2. The molecule has 0 saturated heterocycles. The van der Waals surface area contributed by atoms with Gasteiger partial charge in [-0.05, 0) is 56.8 Å². The number of aliphatic hydroxyl groups is 1. The molecule has 0 aromatic carbocycles. The van der Waals surface area contributed by atoms with Crippen LogP contribution >= 0.6 is 0 Å². The second kappa shape index (κ2) is 6.53. The molecular formula is C16H21F7O3. The van der Waals surface area contributed by atoms with Crippen LogP contribution in [-0.2, 0) is 9.53 Å². The van der Waals surface area contributed by atoms with Crippen LogP contribution in [0.4, 0.5) is 30.7 Å².